The lowest BCUT2D eigenvalue weighted by Crippen LogP contribution is -2.44. The third-order valence-electron chi connectivity index (χ3n) is 4.10. The summed E-state index contributed by atoms with van der Waals surface area (Å²) in [4.78, 5) is 8.38. The molecule has 2 heterocycles. The second kappa shape index (κ2) is 9.43. The van der Waals surface area contributed by atoms with Crippen LogP contribution in [0.5, 0.6) is 0 Å². The molecule has 6 heteroatoms. The van der Waals surface area contributed by atoms with E-state index < -0.39 is 0 Å². The van der Waals surface area contributed by atoms with Gasteiger partial charge in [0.15, 0.2) is 5.96 Å². The van der Waals surface area contributed by atoms with Gasteiger partial charge in [0, 0.05) is 30.3 Å². The van der Waals surface area contributed by atoms with Crippen LogP contribution in [0.3, 0.4) is 0 Å². The van der Waals surface area contributed by atoms with Crippen molar-refractivity contribution in [3.05, 3.63) is 22.4 Å². The fourth-order valence-corrected chi connectivity index (χ4v) is 3.79. The zero-order valence-electron chi connectivity index (χ0n) is 13.8. The molecule has 2 rings (SSSR count). The second-order valence-corrected chi connectivity index (χ2v) is 7.91. The molecule has 1 aliphatic heterocycles. The molecule has 0 radical (unpaired) electrons. The van der Waals surface area contributed by atoms with Crippen molar-refractivity contribution in [2.45, 2.75) is 31.1 Å². The third-order valence-corrected chi connectivity index (χ3v) is 6.04. The molecule has 1 aliphatic rings. The Morgan fingerprint density at radius 3 is 2.68 bits per heavy atom. The van der Waals surface area contributed by atoms with E-state index in [9.17, 15) is 0 Å². The lowest BCUT2D eigenvalue weighted by Gasteiger charge is -2.27. The number of thiophene rings is 1. The molecule has 0 bridgehead atoms. The Morgan fingerprint density at radius 1 is 1.36 bits per heavy atom. The summed E-state index contributed by atoms with van der Waals surface area (Å²) in [5.74, 6) is 0.904. The van der Waals surface area contributed by atoms with Crippen molar-refractivity contribution in [1.82, 2.24) is 15.5 Å². The van der Waals surface area contributed by atoms with Crippen LogP contribution in [0.15, 0.2) is 22.5 Å². The lowest BCUT2D eigenvalue weighted by atomic mass is 10.2. The highest BCUT2D eigenvalue weighted by atomic mass is 32.2. The Bertz CT molecular complexity index is 441. The van der Waals surface area contributed by atoms with Gasteiger partial charge in [0.2, 0.25) is 0 Å². The summed E-state index contributed by atoms with van der Waals surface area (Å²) in [6.07, 6.45) is 4.78. The standard InChI is InChI=1S/C16H28N4S2/c1-13(21-3)11-18-16(17-2)19-12-14(15-7-6-10-22-15)20-8-4-5-9-20/h6-7,10,13-14H,4-5,8-9,11-12H2,1-3H3,(H2,17,18,19). The molecule has 1 fully saturated rings. The van der Waals surface area contributed by atoms with Gasteiger partial charge in [0.1, 0.15) is 0 Å². The fraction of sp³-hybridized carbons (Fsp3) is 0.688. The maximum Gasteiger partial charge on any atom is 0.191 e. The summed E-state index contributed by atoms with van der Waals surface area (Å²) in [5, 5.41) is 9.68. The summed E-state index contributed by atoms with van der Waals surface area (Å²) < 4.78 is 0. The van der Waals surface area contributed by atoms with E-state index >= 15 is 0 Å². The summed E-state index contributed by atoms with van der Waals surface area (Å²) in [6, 6.07) is 4.86. The molecular formula is C16H28N4S2. The van der Waals surface area contributed by atoms with E-state index in [-0.39, 0.29) is 0 Å². The second-order valence-electron chi connectivity index (χ2n) is 5.65. The minimum atomic E-state index is 0.457. The fourth-order valence-electron chi connectivity index (χ4n) is 2.68. The van der Waals surface area contributed by atoms with Crippen LogP contribution in [0.2, 0.25) is 0 Å². The number of hydrogen-bond donors (Lipinski definition) is 2. The monoisotopic (exact) mass is 340 g/mol. The van der Waals surface area contributed by atoms with Gasteiger partial charge in [-0.1, -0.05) is 13.0 Å². The average molecular weight is 341 g/mol. The molecular weight excluding hydrogens is 312 g/mol. The number of guanidine groups is 1. The van der Waals surface area contributed by atoms with Gasteiger partial charge in [-0.3, -0.25) is 9.89 Å². The van der Waals surface area contributed by atoms with E-state index in [1.54, 1.807) is 0 Å². The molecule has 124 valence electrons. The van der Waals surface area contributed by atoms with Gasteiger partial charge in [-0.25, -0.2) is 0 Å². The Hall–Kier alpha value is -0.720. The first-order valence-electron chi connectivity index (χ1n) is 7.99. The molecule has 1 aromatic rings. The van der Waals surface area contributed by atoms with E-state index in [0.717, 1.165) is 19.0 Å². The first-order valence-corrected chi connectivity index (χ1v) is 10.2. The van der Waals surface area contributed by atoms with Gasteiger partial charge in [0.05, 0.1) is 6.04 Å². The third kappa shape index (κ3) is 5.18. The molecule has 0 amide bonds. The van der Waals surface area contributed by atoms with Gasteiger partial charge in [-0.15, -0.1) is 11.3 Å². The van der Waals surface area contributed by atoms with E-state index in [0.29, 0.717) is 11.3 Å². The van der Waals surface area contributed by atoms with Gasteiger partial charge in [0.25, 0.3) is 0 Å². The number of likely N-dealkylation sites (tertiary alicyclic amines) is 1. The normalized spacial score (nSPS) is 19.1. The molecule has 2 unspecified atom stereocenters. The Balaban J connectivity index is 1.89. The van der Waals surface area contributed by atoms with Crippen molar-refractivity contribution in [2.75, 3.05) is 39.5 Å². The summed E-state index contributed by atoms with van der Waals surface area (Å²) in [5.41, 5.74) is 0. The highest BCUT2D eigenvalue weighted by Gasteiger charge is 2.24. The number of rotatable bonds is 7. The van der Waals surface area contributed by atoms with Gasteiger partial charge >= 0.3 is 0 Å². The highest BCUT2D eigenvalue weighted by Crippen LogP contribution is 2.27. The molecule has 2 N–H and O–H groups in total. The quantitative estimate of drug-likeness (QED) is 0.591. The number of aliphatic imine (C=N–C) groups is 1. The highest BCUT2D eigenvalue weighted by molar-refractivity contribution is 7.99. The lowest BCUT2D eigenvalue weighted by molar-refractivity contribution is 0.249. The first-order chi connectivity index (χ1) is 10.7. The number of nitrogens with zero attached hydrogens (tertiary/aromatic N) is 2. The van der Waals surface area contributed by atoms with Crippen molar-refractivity contribution in [3.63, 3.8) is 0 Å². The molecule has 0 saturated carbocycles. The Labute approximate surface area is 142 Å². The molecule has 22 heavy (non-hydrogen) atoms. The molecule has 1 saturated heterocycles. The maximum absolute atomic E-state index is 4.34. The largest absolute Gasteiger partial charge is 0.355 e. The zero-order valence-corrected chi connectivity index (χ0v) is 15.5. The van der Waals surface area contributed by atoms with Crippen molar-refractivity contribution < 1.29 is 0 Å². The predicted molar refractivity (Wildman–Crippen MR) is 100 cm³/mol. The topological polar surface area (TPSA) is 39.7 Å². The van der Waals surface area contributed by atoms with E-state index in [1.807, 2.05) is 30.1 Å². The SMILES string of the molecule is CN=C(NCC(C)SC)NCC(c1cccs1)N1CCCC1. The Kier molecular flexibility index (Phi) is 7.55. The maximum atomic E-state index is 4.34. The van der Waals surface area contributed by atoms with Crippen molar-refractivity contribution >= 4 is 29.1 Å². The summed E-state index contributed by atoms with van der Waals surface area (Å²) in [7, 11) is 1.84. The predicted octanol–water partition coefficient (Wildman–Crippen LogP) is 2.80. The smallest absolute Gasteiger partial charge is 0.191 e. The van der Waals surface area contributed by atoms with Crippen LogP contribution in [-0.2, 0) is 0 Å². The summed E-state index contributed by atoms with van der Waals surface area (Å²) >= 11 is 3.72. The van der Waals surface area contributed by atoms with Crippen molar-refractivity contribution in [1.29, 1.82) is 0 Å². The number of nitrogens with one attached hydrogen (secondary N) is 2. The van der Waals surface area contributed by atoms with Crippen LogP contribution in [0.4, 0.5) is 0 Å². The minimum absolute atomic E-state index is 0.457. The molecule has 1 aromatic heterocycles. The molecule has 4 nitrogen and oxygen atoms in total. The molecule has 0 aromatic carbocycles. The minimum Gasteiger partial charge on any atom is -0.355 e. The van der Waals surface area contributed by atoms with Gasteiger partial charge in [-0.05, 0) is 43.6 Å². The first kappa shape index (κ1) is 17.6. The van der Waals surface area contributed by atoms with Gasteiger partial charge in [-0.2, -0.15) is 11.8 Å². The molecule has 0 aliphatic carbocycles. The van der Waals surface area contributed by atoms with Gasteiger partial charge < -0.3 is 10.6 Å². The number of hydrogen-bond acceptors (Lipinski definition) is 4. The average Bonchev–Trinajstić information content (AvgIpc) is 3.24. The van der Waals surface area contributed by atoms with Crippen LogP contribution >= 0.6 is 23.1 Å². The Morgan fingerprint density at radius 2 is 2.09 bits per heavy atom. The summed E-state index contributed by atoms with van der Waals surface area (Å²) in [6.45, 7) is 6.49. The van der Waals surface area contributed by atoms with E-state index in [1.165, 1.54) is 30.8 Å². The van der Waals surface area contributed by atoms with Crippen LogP contribution in [0, 0.1) is 0 Å². The van der Waals surface area contributed by atoms with Crippen LogP contribution in [0.1, 0.15) is 30.7 Å². The van der Waals surface area contributed by atoms with Crippen LogP contribution in [0.25, 0.3) is 0 Å². The number of thioether (sulfide) groups is 1. The molecule has 0 spiro atoms. The van der Waals surface area contributed by atoms with E-state index in [2.05, 4.69) is 51.2 Å². The zero-order chi connectivity index (χ0) is 15.8. The van der Waals surface area contributed by atoms with Crippen LogP contribution in [-0.4, -0.2) is 55.6 Å². The van der Waals surface area contributed by atoms with E-state index in [4.69, 9.17) is 0 Å². The molecule has 2 atom stereocenters. The van der Waals surface area contributed by atoms with Crippen molar-refractivity contribution in [2.24, 2.45) is 4.99 Å². The van der Waals surface area contributed by atoms with Crippen LogP contribution < -0.4 is 10.6 Å². The van der Waals surface area contributed by atoms with Crippen molar-refractivity contribution in [3.8, 4) is 0 Å².